The fourth-order valence-electron chi connectivity index (χ4n) is 0.821. The molecule has 0 bridgehead atoms. The molecule has 0 saturated carbocycles. The molecular weight excluding hydrogens is 155 g/mol. The van der Waals surface area contributed by atoms with Crippen LogP contribution in [0.3, 0.4) is 0 Å². The molecule has 0 fully saturated rings. The Bertz CT molecular complexity index is 213. The van der Waals surface area contributed by atoms with Crippen molar-refractivity contribution in [2.45, 2.75) is 20.8 Å². The molecular formula is C10H15FO. The highest BCUT2D eigenvalue weighted by Crippen LogP contribution is 2.14. The molecule has 0 heterocycles. The first kappa shape index (κ1) is 11.0. The Kier molecular flexibility index (Phi) is 5.09. The Labute approximate surface area is 73.2 Å². The van der Waals surface area contributed by atoms with Crippen LogP contribution in [0.4, 0.5) is 4.39 Å². The summed E-state index contributed by atoms with van der Waals surface area (Å²) < 4.78 is 17.4. The maximum atomic E-state index is 12.5. The average Bonchev–Trinajstić information content (AvgIpc) is 2.06. The van der Waals surface area contributed by atoms with E-state index in [1.807, 2.05) is 20.8 Å². The average molecular weight is 170 g/mol. The molecule has 0 spiro atoms. The fraction of sp³-hybridized carbons (Fsp3) is 0.400. The zero-order valence-corrected chi connectivity index (χ0v) is 8.02. The van der Waals surface area contributed by atoms with Gasteiger partial charge in [0.15, 0.2) is 0 Å². The third kappa shape index (κ3) is 3.37. The molecule has 1 rings (SSSR count). The quantitative estimate of drug-likeness (QED) is 0.629. The molecule has 1 nitrogen and oxygen atoms in total. The van der Waals surface area contributed by atoms with Gasteiger partial charge >= 0.3 is 0 Å². The summed E-state index contributed by atoms with van der Waals surface area (Å²) in [6, 6.07) is 4.60. The summed E-state index contributed by atoms with van der Waals surface area (Å²) in [5, 5.41) is 0. The normalized spacial score (nSPS) is 8.42. The van der Waals surface area contributed by atoms with Crippen LogP contribution >= 0.6 is 0 Å². The van der Waals surface area contributed by atoms with Gasteiger partial charge in [-0.3, -0.25) is 0 Å². The van der Waals surface area contributed by atoms with Crippen LogP contribution in [0.5, 0.6) is 5.75 Å². The minimum Gasteiger partial charge on any atom is -0.497 e. The van der Waals surface area contributed by atoms with Gasteiger partial charge in [-0.25, -0.2) is 4.39 Å². The van der Waals surface area contributed by atoms with Gasteiger partial charge in [0.25, 0.3) is 0 Å². The van der Waals surface area contributed by atoms with Gasteiger partial charge < -0.3 is 4.74 Å². The second-order valence-electron chi connectivity index (χ2n) is 2.17. The number of hydrogen-bond donors (Lipinski definition) is 0. The van der Waals surface area contributed by atoms with Gasteiger partial charge in [0, 0.05) is 6.07 Å². The van der Waals surface area contributed by atoms with E-state index in [2.05, 4.69) is 0 Å². The Balaban J connectivity index is 0.000000561. The third-order valence-electron chi connectivity index (χ3n) is 1.25. The molecule has 0 aliphatic carbocycles. The number of aryl methyl sites for hydroxylation is 1. The van der Waals surface area contributed by atoms with E-state index in [0.717, 1.165) is 5.56 Å². The van der Waals surface area contributed by atoms with Gasteiger partial charge in [-0.15, -0.1) is 0 Å². The molecule has 1 aromatic carbocycles. The van der Waals surface area contributed by atoms with Crippen LogP contribution < -0.4 is 4.74 Å². The Morgan fingerprint density at radius 2 is 1.75 bits per heavy atom. The monoisotopic (exact) mass is 170 g/mol. The molecule has 0 amide bonds. The first-order chi connectivity index (χ1) is 5.72. The minimum absolute atomic E-state index is 0.253. The van der Waals surface area contributed by atoms with E-state index in [-0.39, 0.29) is 5.82 Å². The fourth-order valence-corrected chi connectivity index (χ4v) is 0.821. The zero-order valence-electron chi connectivity index (χ0n) is 8.02. The Hall–Kier alpha value is -1.05. The standard InChI is InChI=1S/C8H9FO.C2H6/c1-6-3-7(9)5-8(4-6)10-2;1-2/h3-5H,1-2H3;1-2H3. The van der Waals surface area contributed by atoms with Crippen molar-refractivity contribution in [1.29, 1.82) is 0 Å². The van der Waals surface area contributed by atoms with Crippen LogP contribution in [0.25, 0.3) is 0 Å². The molecule has 1 aromatic rings. The largest absolute Gasteiger partial charge is 0.497 e. The van der Waals surface area contributed by atoms with Crippen LogP contribution in [-0.2, 0) is 0 Å². The lowest BCUT2D eigenvalue weighted by atomic mass is 10.2. The number of hydrogen-bond acceptors (Lipinski definition) is 1. The number of rotatable bonds is 1. The summed E-state index contributed by atoms with van der Waals surface area (Å²) >= 11 is 0. The predicted octanol–water partition coefficient (Wildman–Crippen LogP) is 3.17. The summed E-state index contributed by atoms with van der Waals surface area (Å²) in [7, 11) is 1.52. The van der Waals surface area contributed by atoms with Gasteiger partial charge in [0.05, 0.1) is 7.11 Å². The van der Waals surface area contributed by atoms with E-state index in [1.54, 1.807) is 6.07 Å². The predicted molar refractivity (Wildman–Crippen MR) is 49.0 cm³/mol. The third-order valence-corrected chi connectivity index (χ3v) is 1.25. The molecule has 0 saturated heterocycles. The van der Waals surface area contributed by atoms with E-state index in [9.17, 15) is 4.39 Å². The summed E-state index contributed by atoms with van der Waals surface area (Å²) in [6.45, 7) is 5.82. The lowest BCUT2D eigenvalue weighted by Gasteiger charge is -1.99. The van der Waals surface area contributed by atoms with Crippen molar-refractivity contribution in [3.8, 4) is 5.75 Å². The maximum Gasteiger partial charge on any atom is 0.127 e. The molecule has 0 aliphatic rings. The molecule has 68 valence electrons. The Morgan fingerprint density at radius 1 is 1.17 bits per heavy atom. The molecule has 2 heteroatoms. The van der Waals surface area contributed by atoms with E-state index in [4.69, 9.17) is 4.74 Å². The second kappa shape index (κ2) is 5.58. The van der Waals surface area contributed by atoms with Crippen LogP contribution in [0.2, 0.25) is 0 Å². The first-order valence-corrected chi connectivity index (χ1v) is 4.03. The maximum absolute atomic E-state index is 12.5. The lowest BCUT2D eigenvalue weighted by Crippen LogP contribution is -1.85. The lowest BCUT2D eigenvalue weighted by molar-refractivity contribution is 0.411. The van der Waals surface area contributed by atoms with Gasteiger partial charge in [0.1, 0.15) is 11.6 Å². The molecule has 12 heavy (non-hydrogen) atoms. The number of ether oxygens (including phenoxy) is 1. The molecule has 0 radical (unpaired) electrons. The summed E-state index contributed by atoms with van der Waals surface area (Å²) in [5.74, 6) is 0.314. The molecule has 0 unspecified atom stereocenters. The second-order valence-corrected chi connectivity index (χ2v) is 2.17. The van der Waals surface area contributed by atoms with Crippen molar-refractivity contribution >= 4 is 0 Å². The SMILES string of the molecule is CC.COc1cc(C)cc(F)c1. The van der Waals surface area contributed by atoms with Gasteiger partial charge in [-0.05, 0) is 24.6 Å². The van der Waals surface area contributed by atoms with Crippen LogP contribution in [0.15, 0.2) is 18.2 Å². The van der Waals surface area contributed by atoms with Crippen molar-refractivity contribution in [3.63, 3.8) is 0 Å². The molecule has 0 aromatic heterocycles. The molecule has 0 aliphatic heterocycles. The van der Waals surface area contributed by atoms with Crippen molar-refractivity contribution in [1.82, 2.24) is 0 Å². The first-order valence-electron chi connectivity index (χ1n) is 4.03. The van der Waals surface area contributed by atoms with Crippen LogP contribution in [0, 0.1) is 12.7 Å². The zero-order chi connectivity index (χ0) is 9.56. The number of methoxy groups -OCH3 is 1. The molecule has 0 atom stereocenters. The van der Waals surface area contributed by atoms with Crippen molar-refractivity contribution in [2.24, 2.45) is 0 Å². The van der Waals surface area contributed by atoms with Gasteiger partial charge in [-0.1, -0.05) is 13.8 Å². The van der Waals surface area contributed by atoms with Crippen molar-refractivity contribution < 1.29 is 9.13 Å². The highest BCUT2D eigenvalue weighted by molar-refractivity contribution is 5.28. The van der Waals surface area contributed by atoms with Crippen LogP contribution in [0.1, 0.15) is 19.4 Å². The topological polar surface area (TPSA) is 9.23 Å². The summed E-state index contributed by atoms with van der Waals surface area (Å²) in [6.07, 6.45) is 0. The van der Waals surface area contributed by atoms with E-state index in [0.29, 0.717) is 5.75 Å². The summed E-state index contributed by atoms with van der Waals surface area (Å²) in [4.78, 5) is 0. The summed E-state index contributed by atoms with van der Waals surface area (Å²) in [5.41, 5.74) is 0.872. The van der Waals surface area contributed by atoms with Crippen molar-refractivity contribution in [2.75, 3.05) is 7.11 Å². The van der Waals surface area contributed by atoms with Gasteiger partial charge in [0.2, 0.25) is 0 Å². The van der Waals surface area contributed by atoms with Gasteiger partial charge in [-0.2, -0.15) is 0 Å². The number of halogens is 1. The van der Waals surface area contributed by atoms with E-state index in [1.165, 1.54) is 19.2 Å². The van der Waals surface area contributed by atoms with E-state index >= 15 is 0 Å². The minimum atomic E-state index is -0.253. The smallest absolute Gasteiger partial charge is 0.127 e. The van der Waals surface area contributed by atoms with E-state index < -0.39 is 0 Å². The van der Waals surface area contributed by atoms with Crippen LogP contribution in [-0.4, -0.2) is 7.11 Å². The molecule has 0 N–H and O–H groups in total. The highest BCUT2D eigenvalue weighted by atomic mass is 19.1. The highest BCUT2D eigenvalue weighted by Gasteiger charge is 1.95. The Morgan fingerprint density at radius 3 is 2.17 bits per heavy atom. The van der Waals surface area contributed by atoms with Crippen molar-refractivity contribution in [3.05, 3.63) is 29.6 Å². The number of benzene rings is 1.